The third-order valence-electron chi connectivity index (χ3n) is 2.38. The highest BCUT2D eigenvalue weighted by molar-refractivity contribution is 5.98. The van der Waals surface area contributed by atoms with E-state index in [0.717, 1.165) is 0 Å². The van der Waals surface area contributed by atoms with Crippen LogP contribution in [0.3, 0.4) is 0 Å². The number of carbonyl (C=O) groups excluding carboxylic acids is 2. The first-order valence-electron chi connectivity index (χ1n) is 5.68. The number of benzene rings is 1. The van der Waals surface area contributed by atoms with Crippen LogP contribution in [0.4, 0.5) is 4.39 Å². The molecule has 0 aliphatic rings. The molecule has 18 heavy (non-hydrogen) atoms. The van der Waals surface area contributed by atoms with E-state index in [4.69, 9.17) is 4.74 Å². The van der Waals surface area contributed by atoms with E-state index in [9.17, 15) is 14.0 Å². The number of methoxy groups -OCH3 is 1. The Balaban J connectivity index is 2.38. The second-order valence-corrected chi connectivity index (χ2v) is 3.75. The van der Waals surface area contributed by atoms with Crippen molar-refractivity contribution in [3.63, 3.8) is 0 Å². The van der Waals surface area contributed by atoms with Gasteiger partial charge in [0.25, 0.3) is 0 Å². The van der Waals surface area contributed by atoms with E-state index in [0.29, 0.717) is 13.2 Å². The van der Waals surface area contributed by atoms with Gasteiger partial charge in [-0.1, -0.05) is 12.1 Å². The van der Waals surface area contributed by atoms with E-state index >= 15 is 0 Å². The van der Waals surface area contributed by atoms with Crippen LogP contribution in [-0.4, -0.2) is 32.0 Å². The summed E-state index contributed by atoms with van der Waals surface area (Å²) in [6, 6.07) is 5.75. The lowest BCUT2D eigenvalue weighted by atomic mass is 10.1. The van der Waals surface area contributed by atoms with E-state index in [1.165, 1.54) is 25.3 Å². The molecule has 0 saturated heterocycles. The van der Waals surface area contributed by atoms with Crippen LogP contribution in [0.2, 0.25) is 0 Å². The summed E-state index contributed by atoms with van der Waals surface area (Å²) < 4.78 is 18.0. The average Bonchev–Trinajstić information content (AvgIpc) is 2.37. The van der Waals surface area contributed by atoms with Crippen LogP contribution in [-0.2, 0) is 9.53 Å². The molecule has 1 aromatic rings. The molecule has 0 fully saturated rings. The van der Waals surface area contributed by atoms with Crippen molar-refractivity contribution < 1.29 is 18.7 Å². The summed E-state index contributed by atoms with van der Waals surface area (Å²) in [5, 5.41) is 2.60. The Morgan fingerprint density at radius 3 is 2.67 bits per heavy atom. The van der Waals surface area contributed by atoms with Crippen molar-refractivity contribution in [2.75, 3.05) is 20.3 Å². The zero-order valence-corrected chi connectivity index (χ0v) is 10.2. The van der Waals surface area contributed by atoms with E-state index < -0.39 is 5.82 Å². The average molecular weight is 253 g/mol. The molecule has 5 heteroatoms. The smallest absolute Gasteiger partial charge is 0.220 e. The van der Waals surface area contributed by atoms with Crippen molar-refractivity contribution in [1.29, 1.82) is 0 Å². The van der Waals surface area contributed by atoms with Gasteiger partial charge in [0, 0.05) is 26.5 Å². The van der Waals surface area contributed by atoms with E-state index in [1.54, 1.807) is 6.07 Å². The lowest BCUT2D eigenvalue weighted by molar-refractivity contribution is -0.121. The second kappa shape index (κ2) is 7.55. The summed E-state index contributed by atoms with van der Waals surface area (Å²) in [5.74, 6) is -1.16. The fourth-order valence-corrected chi connectivity index (χ4v) is 1.43. The number of carbonyl (C=O) groups is 2. The Labute approximate surface area is 105 Å². The number of hydrogen-bond acceptors (Lipinski definition) is 3. The summed E-state index contributed by atoms with van der Waals surface area (Å²) in [4.78, 5) is 23.0. The molecule has 0 heterocycles. The fourth-order valence-electron chi connectivity index (χ4n) is 1.43. The minimum atomic E-state index is -0.553. The topological polar surface area (TPSA) is 55.4 Å². The van der Waals surface area contributed by atoms with Gasteiger partial charge in [0.15, 0.2) is 5.78 Å². The van der Waals surface area contributed by atoms with Crippen molar-refractivity contribution in [2.45, 2.75) is 12.8 Å². The van der Waals surface area contributed by atoms with Gasteiger partial charge >= 0.3 is 0 Å². The second-order valence-electron chi connectivity index (χ2n) is 3.75. The van der Waals surface area contributed by atoms with E-state index in [-0.39, 0.29) is 30.1 Å². The van der Waals surface area contributed by atoms with Crippen LogP contribution in [0, 0.1) is 5.82 Å². The Kier molecular flexibility index (Phi) is 6.00. The summed E-state index contributed by atoms with van der Waals surface area (Å²) in [6.45, 7) is 0.830. The number of rotatable bonds is 7. The van der Waals surface area contributed by atoms with E-state index in [2.05, 4.69) is 5.32 Å². The Bertz CT molecular complexity index is 420. The van der Waals surface area contributed by atoms with Gasteiger partial charge in [0.2, 0.25) is 5.91 Å². The summed E-state index contributed by atoms with van der Waals surface area (Å²) in [6.07, 6.45) is 0.0522. The van der Waals surface area contributed by atoms with E-state index in [1.807, 2.05) is 0 Å². The van der Waals surface area contributed by atoms with Gasteiger partial charge in [-0.25, -0.2) is 4.39 Å². The number of Topliss-reactive ketones (excluding diaryl/α,β-unsaturated/α-hetero) is 1. The van der Waals surface area contributed by atoms with Crippen LogP contribution >= 0.6 is 0 Å². The van der Waals surface area contributed by atoms with Crippen LogP contribution in [0.25, 0.3) is 0 Å². The van der Waals surface area contributed by atoms with Crippen LogP contribution < -0.4 is 5.32 Å². The Morgan fingerprint density at radius 2 is 2.00 bits per heavy atom. The highest BCUT2D eigenvalue weighted by atomic mass is 19.1. The van der Waals surface area contributed by atoms with Gasteiger partial charge in [-0.15, -0.1) is 0 Å². The molecule has 1 N–H and O–H groups in total. The van der Waals surface area contributed by atoms with Gasteiger partial charge in [0.1, 0.15) is 5.82 Å². The molecule has 0 atom stereocenters. The number of amides is 1. The van der Waals surface area contributed by atoms with Crippen molar-refractivity contribution >= 4 is 11.7 Å². The van der Waals surface area contributed by atoms with Crippen molar-refractivity contribution in [3.8, 4) is 0 Å². The molecule has 1 aromatic carbocycles. The normalized spacial score (nSPS) is 10.1. The van der Waals surface area contributed by atoms with Crippen LogP contribution in [0.1, 0.15) is 23.2 Å². The molecule has 0 radical (unpaired) electrons. The number of halogens is 1. The molecule has 0 bridgehead atoms. The molecular formula is C13H16FNO3. The quantitative estimate of drug-likeness (QED) is 0.592. The molecular weight excluding hydrogens is 237 g/mol. The van der Waals surface area contributed by atoms with Crippen LogP contribution in [0.5, 0.6) is 0 Å². The number of hydrogen-bond donors (Lipinski definition) is 1. The van der Waals surface area contributed by atoms with Gasteiger partial charge in [0.05, 0.1) is 12.2 Å². The first kappa shape index (κ1) is 14.3. The first-order valence-corrected chi connectivity index (χ1v) is 5.68. The maximum Gasteiger partial charge on any atom is 0.220 e. The maximum atomic E-state index is 13.3. The minimum Gasteiger partial charge on any atom is -0.383 e. The fraction of sp³-hybridized carbons (Fsp3) is 0.385. The SMILES string of the molecule is COCCNC(=O)CCC(=O)c1ccccc1F. The van der Waals surface area contributed by atoms with Crippen molar-refractivity contribution in [2.24, 2.45) is 0 Å². The summed E-state index contributed by atoms with van der Waals surface area (Å²) in [7, 11) is 1.54. The van der Waals surface area contributed by atoms with Gasteiger partial charge in [-0.3, -0.25) is 9.59 Å². The Hall–Kier alpha value is -1.75. The first-order chi connectivity index (χ1) is 8.65. The molecule has 98 valence electrons. The number of ether oxygens (including phenoxy) is 1. The Morgan fingerprint density at radius 1 is 1.28 bits per heavy atom. The standard InChI is InChI=1S/C13H16FNO3/c1-18-9-8-15-13(17)7-6-12(16)10-4-2-3-5-11(10)14/h2-5H,6-9H2,1H3,(H,15,17). The zero-order valence-electron chi connectivity index (χ0n) is 10.2. The predicted molar refractivity (Wildman–Crippen MR) is 64.9 cm³/mol. The molecule has 0 aliphatic carbocycles. The molecule has 0 spiro atoms. The molecule has 0 unspecified atom stereocenters. The van der Waals surface area contributed by atoms with Gasteiger partial charge in [-0.2, -0.15) is 0 Å². The molecule has 0 aromatic heterocycles. The molecule has 0 saturated carbocycles. The summed E-state index contributed by atoms with van der Waals surface area (Å²) >= 11 is 0. The van der Waals surface area contributed by atoms with Crippen LogP contribution in [0.15, 0.2) is 24.3 Å². The van der Waals surface area contributed by atoms with Gasteiger partial charge < -0.3 is 10.1 Å². The molecule has 0 aliphatic heterocycles. The lowest BCUT2D eigenvalue weighted by Gasteiger charge is -2.04. The predicted octanol–water partition coefficient (Wildman–Crippen LogP) is 1.55. The maximum absolute atomic E-state index is 13.3. The third kappa shape index (κ3) is 4.63. The number of ketones is 1. The highest BCUT2D eigenvalue weighted by Crippen LogP contribution is 2.10. The third-order valence-corrected chi connectivity index (χ3v) is 2.38. The molecule has 1 amide bonds. The largest absolute Gasteiger partial charge is 0.383 e. The monoisotopic (exact) mass is 253 g/mol. The minimum absolute atomic E-state index is 0.000249. The lowest BCUT2D eigenvalue weighted by Crippen LogP contribution is -2.27. The number of nitrogens with one attached hydrogen (secondary N) is 1. The molecule has 4 nitrogen and oxygen atoms in total. The summed E-state index contributed by atoms with van der Waals surface area (Å²) in [5.41, 5.74) is 0.0298. The zero-order chi connectivity index (χ0) is 13.4. The highest BCUT2D eigenvalue weighted by Gasteiger charge is 2.12. The molecule has 1 rings (SSSR count). The van der Waals surface area contributed by atoms with Crippen molar-refractivity contribution in [1.82, 2.24) is 5.32 Å². The van der Waals surface area contributed by atoms with Gasteiger partial charge in [-0.05, 0) is 12.1 Å². The van der Waals surface area contributed by atoms with Crippen molar-refractivity contribution in [3.05, 3.63) is 35.6 Å².